The first-order valence-electron chi connectivity index (χ1n) is 5.54. The van der Waals surface area contributed by atoms with E-state index in [2.05, 4.69) is 17.8 Å². The summed E-state index contributed by atoms with van der Waals surface area (Å²) in [5.74, 6) is 1.60. The van der Waals surface area contributed by atoms with E-state index >= 15 is 0 Å². The summed E-state index contributed by atoms with van der Waals surface area (Å²) in [6.45, 7) is 3.74. The molecule has 0 bridgehead atoms. The van der Waals surface area contributed by atoms with Crippen molar-refractivity contribution in [3.63, 3.8) is 0 Å². The van der Waals surface area contributed by atoms with Crippen LogP contribution in [-0.4, -0.2) is 38.6 Å². The highest BCUT2D eigenvalue weighted by Crippen LogP contribution is 2.05. The molecule has 1 aromatic heterocycles. The van der Waals surface area contributed by atoms with Crippen molar-refractivity contribution in [2.24, 2.45) is 0 Å². The van der Waals surface area contributed by atoms with Gasteiger partial charge in [0, 0.05) is 19.3 Å². The predicted octanol–water partition coefficient (Wildman–Crippen LogP) is 0.813. The third-order valence-corrected chi connectivity index (χ3v) is 2.32. The highest BCUT2D eigenvalue weighted by molar-refractivity contribution is 5.69. The molecule has 0 saturated heterocycles. The topological polar surface area (TPSA) is 58.4 Å². The first-order valence-corrected chi connectivity index (χ1v) is 5.54. The van der Waals surface area contributed by atoms with Gasteiger partial charge in [-0.1, -0.05) is 12.8 Å². The van der Waals surface area contributed by atoms with Crippen LogP contribution in [0.1, 0.15) is 19.0 Å². The number of imidazole rings is 1. The number of aryl methyl sites for hydroxylation is 1. The maximum Gasteiger partial charge on any atom is 0.317 e. The van der Waals surface area contributed by atoms with Crippen LogP contribution in [0.4, 0.5) is 0 Å². The number of carboxylic acids is 1. The second-order valence-corrected chi connectivity index (χ2v) is 3.82. The number of nitrogens with zero attached hydrogens (tertiary/aromatic N) is 3. The largest absolute Gasteiger partial charge is 0.480 e. The normalized spacial score (nSPS) is 10.4. The van der Waals surface area contributed by atoms with Crippen LogP contribution in [0.25, 0.3) is 0 Å². The number of carboxylic acid groups (broad SMARTS) is 1. The van der Waals surface area contributed by atoms with Crippen molar-refractivity contribution >= 4 is 5.97 Å². The maximum absolute atomic E-state index is 10.7. The lowest BCUT2D eigenvalue weighted by atomic mass is 10.3. The van der Waals surface area contributed by atoms with Crippen molar-refractivity contribution in [2.75, 3.05) is 13.1 Å². The van der Waals surface area contributed by atoms with E-state index < -0.39 is 5.97 Å². The van der Waals surface area contributed by atoms with Gasteiger partial charge in [-0.15, -0.1) is 6.42 Å². The van der Waals surface area contributed by atoms with E-state index in [1.165, 1.54) is 0 Å². The van der Waals surface area contributed by atoms with E-state index in [-0.39, 0.29) is 6.54 Å². The fourth-order valence-electron chi connectivity index (χ4n) is 1.64. The zero-order chi connectivity index (χ0) is 12.7. The molecule has 0 saturated carbocycles. The van der Waals surface area contributed by atoms with Gasteiger partial charge < -0.3 is 9.67 Å². The van der Waals surface area contributed by atoms with E-state index in [0.29, 0.717) is 13.1 Å². The molecule has 1 N–H and O–H groups in total. The summed E-state index contributed by atoms with van der Waals surface area (Å²) in [6, 6.07) is 0. The van der Waals surface area contributed by atoms with Gasteiger partial charge in [0.2, 0.25) is 0 Å². The van der Waals surface area contributed by atoms with Crippen molar-refractivity contribution in [3.8, 4) is 12.3 Å². The highest BCUT2D eigenvalue weighted by atomic mass is 16.4. The van der Waals surface area contributed by atoms with E-state index in [0.717, 1.165) is 18.7 Å². The van der Waals surface area contributed by atoms with Crippen LogP contribution in [0.5, 0.6) is 0 Å². The number of carbonyl (C=O) groups is 1. The fourth-order valence-corrected chi connectivity index (χ4v) is 1.64. The van der Waals surface area contributed by atoms with E-state index in [4.69, 9.17) is 11.5 Å². The minimum atomic E-state index is -0.873. The molecule has 0 spiro atoms. The summed E-state index contributed by atoms with van der Waals surface area (Å²) in [5.41, 5.74) is 0.989. The monoisotopic (exact) mass is 235 g/mol. The Bertz CT molecular complexity index is 406. The minimum Gasteiger partial charge on any atom is -0.480 e. The fraction of sp³-hybridized carbons (Fsp3) is 0.500. The smallest absolute Gasteiger partial charge is 0.317 e. The standard InChI is InChI=1S/C12H17N3O2/c1-3-5-14(9-12(16)17)8-11-7-13-10-15(11)6-4-2/h1,7,10H,4-6,8-9H2,2H3,(H,16,17). The molecule has 0 aliphatic heterocycles. The van der Waals surface area contributed by atoms with Crippen molar-refractivity contribution in [1.82, 2.24) is 14.5 Å². The number of hydrogen-bond acceptors (Lipinski definition) is 3. The lowest BCUT2D eigenvalue weighted by molar-refractivity contribution is -0.138. The summed E-state index contributed by atoms with van der Waals surface area (Å²) in [5, 5.41) is 8.78. The molecule has 5 nitrogen and oxygen atoms in total. The van der Waals surface area contributed by atoms with Gasteiger partial charge in [-0.05, 0) is 6.42 Å². The summed E-state index contributed by atoms with van der Waals surface area (Å²) in [6.07, 6.45) is 9.74. The molecule has 0 aliphatic rings. The Hall–Kier alpha value is -1.80. The van der Waals surface area contributed by atoms with Crippen LogP contribution in [0.3, 0.4) is 0 Å². The molecule has 5 heteroatoms. The molecule has 1 rings (SSSR count). The molecular formula is C12H17N3O2. The third-order valence-electron chi connectivity index (χ3n) is 2.32. The van der Waals surface area contributed by atoms with Crippen LogP contribution in [0.2, 0.25) is 0 Å². The molecule has 92 valence electrons. The van der Waals surface area contributed by atoms with Gasteiger partial charge >= 0.3 is 5.97 Å². The van der Waals surface area contributed by atoms with Crippen LogP contribution < -0.4 is 0 Å². The molecule has 1 aromatic rings. The van der Waals surface area contributed by atoms with Crippen molar-refractivity contribution in [2.45, 2.75) is 26.4 Å². The Labute approximate surface area is 101 Å². The molecule has 0 fully saturated rings. The molecule has 0 aromatic carbocycles. The number of terminal acetylenes is 1. The molecule has 0 radical (unpaired) electrons. The summed E-state index contributed by atoms with van der Waals surface area (Å²) < 4.78 is 2.02. The van der Waals surface area contributed by atoms with Gasteiger partial charge in [0.25, 0.3) is 0 Å². The summed E-state index contributed by atoms with van der Waals surface area (Å²) >= 11 is 0. The molecule has 0 aliphatic carbocycles. The highest BCUT2D eigenvalue weighted by Gasteiger charge is 2.11. The van der Waals surface area contributed by atoms with Gasteiger partial charge in [0.1, 0.15) is 0 Å². The van der Waals surface area contributed by atoms with Crippen LogP contribution in [0.15, 0.2) is 12.5 Å². The number of aromatic nitrogens is 2. The Morgan fingerprint density at radius 2 is 2.47 bits per heavy atom. The second kappa shape index (κ2) is 6.71. The number of aliphatic carboxylic acids is 1. The van der Waals surface area contributed by atoms with Crippen LogP contribution in [0, 0.1) is 12.3 Å². The van der Waals surface area contributed by atoms with E-state index in [1.807, 2.05) is 4.57 Å². The zero-order valence-electron chi connectivity index (χ0n) is 9.96. The predicted molar refractivity (Wildman–Crippen MR) is 64.3 cm³/mol. The Morgan fingerprint density at radius 1 is 1.71 bits per heavy atom. The van der Waals surface area contributed by atoms with Gasteiger partial charge in [-0.3, -0.25) is 9.69 Å². The average Bonchev–Trinajstić information content (AvgIpc) is 2.66. The summed E-state index contributed by atoms with van der Waals surface area (Å²) in [7, 11) is 0. The van der Waals surface area contributed by atoms with Crippen molar-refractivity contribution in [3.05, 3.63) is 18.2 Å². The van der Waals surface area contributed by atoms with Gasteiger partial charge in [0.15, 0.2) is 0 Å². The lowest BCUT2D eigenvalue weighted by Gasteiger charge is -2.18. The zero-order valence-corrected chi connectivity index (χ0v) is 9.96. The van der Waals surface area contributed by atoms with Gasteiger partial charge in [-0.25, -0.2) is 4.98 Å². The molecule has 0 unspecified atom stereocenters. The second-order valence-electron chi connectivity index (χ2n) is 3.82. The molecule has 17 heavy (non-hydrogen) atoms. The van der Waals surface area contributed by atoms with Crippen molar-refractivity contribution in [1.29, 1.82) is 0 Å². The SMILES string of the molecule is C#CCN(CC(=O)O)Cc1cncn1CCC. The Morgan fingerprint density at radius 3 is 3.06 bits per heavy atom. The van der Waals surface area contributed by atoms with E-state index in [1.54, 1.807) is 17.4 Å². The first-order chi connectivity index (χ1) is 8.17. The Balaban J connectivity index is 2.68. The van der Waals surface area contributed by atoms with Crippen LogP contribution >= 0.6 is 0 Å². The molecule has 0 atom stereocenters. The number of hydrogen-bond donors (Lipinski definition) is 1. The van der Waals surface area contributed by atoms with Crippen molar-refractivity contribution < 1.29 is 9.90 Å². The third kappa shape index (κ3) is 4.29. The molecule has 0 amide bonds. The van der Waals surface area contributed by atoms with Gasteiger partial charge in [-0.2, -0.15) is 0 Å². The maximum atomic E-state index is 10.7. The van der Waals surface area contributed by atoms with Gasteiger partial charge in [0.05, 0.1) is 25.1 Å². The Kier molecular flexibility index (Phi) is 5.24. The van der Waals surface area contributed by atoms with E-state index in [9.17, 15) is 4.79 Å². The summed E-state index contributed by atoms with van der Waals surface area (Å²) in [4.78, 5) is 16.5. The number of rotatable bonds is 7. The quantitative estimate of drug-likeness (QED) is 0.711. The lowest BCUT2D eigenvalue weighted by Crippen LogP contribution is -2.30. The first kappa shape index (κ1) is 13.3. The molecule has 1 heterocycles. The average molecular weight is 235 g/mol. The van der Waals surface area contributed by atoms with Crippen LogP contribution in [-0.2, 0) is 17.9 Å². The molecular weight excluding hydrogens is 218 g/mol. The minimum absolute atomic E-state index is 0.0541.